The highest BCUT2D eigenvalue weighted by atomic mass is 32.2. The number of hydrogen-bond donors (Lipinski definition) is 3. The van der Waals surface area contributed by atoms with Gasteiger partial charge in [-0.15, -0.1) is 0 Å². The van der Waals surface area contributed by atoms with Gasteiger partial charge in [0, 0.05) is 13.0 Å². The van der Waals surface area contributed by atoms with E-state index < -0.39 is 40.5 Å². The molecule has 1 aliphatic carbocycles. The number of sulfone groups is 1. The average molecular weight is 662 g/mol. The monoisotopic (exact) mass is 661 g/mol. The van der Waals surface area contributed by atoms with Crippen molar-refractivity contribution in [2.45, 2.75) is 82.7 Å². The normalized spacial score (nSPS) is 14.6. The van der Waals surface area contributed by atoms with Crippen LogP contribution in [0.5, 0.6) is 11.5 Å². The van der Waals surface area contributed by atoms with Gasteiger partial charge in [0.05, 0.1) is 18.1 Å². The van der Waals surface area contributed by atoms with Crippen molar-refractivity contribution in [3.63, 3.8) is 0 Å². The zero-order valence-corrected chi connectivity index (χ0v) is 26.3. The number of fused-ring (bicyclic) bond motifs is 1. The summed E-state index contributed by atoms with van der Waals surface area (Å²) in [7, 11) is -3.78. The number of aliphatic hydroxyl groups excluding tert-OH is 1. The number of phenolic OH excluding ortho intramolecular Hbond substituents is 2. The van der Waals surface area contributed by atoms with E-state index >= 15 is 0 Å². The maximum Gasteiger partial charge on any atom is 0.453 e. The van der Waals surface area contributed by atoms with Crippen LogP contribution in [-0.2, 0) is 16.3 Å². The minimum atomic E-state index is -5.69. The number of aromatic hydroxyl groups is 2. The second-order valence-electron chi connectivity index (χ2n) is 11.7. The first-order valence-electron chi connectivity index (χ1n) is 15.5. The Hall–Kier alpha value is -2.70. The summed E-state index contributed by atoms with van der Waals surface area (Å²) < 4.78 is 87.4. The fourth-order valence-corrected chi connectivity index (χ4v) is 7.24. The summed E-state index contributed by atoms with van der Waals surface area (Å²) in [6.07, 6.45) is -0.765. The van der Waals surface area contributed by atoms with Crippen LogP contribution in [0, 0.1) is 0 Å². The maximum absolute atomic E-state index is 13.1. The number of unbranched alkanes of at least 4 members (excludes halogenated alkanes) is 3. The average Bonchev–Trinajstić information content (AvgIpc) is 3.12. The van der Waals surface area contributed by atoms with Crippen molar-refractivity contribution in [3.8, 4) is 11.5 Å². The van der Waals surface area contributed by atoms with Crippen molar-refractivity contribution in [2.75, 3.05) is 37.7 Å². The lowest BCUT2D eigenvalue weighted by Crippen LogP contribution is -2.36. The van der Waals surface area contributed by atoms with Gasteiger partial charge in [-0.2, -0.15) is 22.0 Å². The van der Waals surface area contributed by atoms with Crippen molar-refractivity contribution >= 4 is 21.0 Å². The number of halogens is 5. The van der Waals surface area contributed by atoms with Gasteiger partial charge in [0.25, 0.3) is 0 Å². The molecule has 0 spiro atoms. The van der Waals surface area contributed by atoms with Crippen LogP contribution in [0.3, 0.4) is 0 Å². The zero-order valence-electron chi connectivity index (χ0n) is 25.5. The summed E-state index contributed by atoms with van der Waals surface area (Å²) in [5.41, 5.74) is 5.65. The standard InChI is InChI=1S/C33H44F5NO5S/c34-32(35,33(36,37)38)16-7-21-45(43,44)22-8-18-39(19-20-40)17-4-2-1-3-12-31-29(25-9-5-11-27(41)23-25)13-6-10-26-24-28(42)14-15-30(26)31/h5,9,11,14-15,23-24,40-42H,1-4,6-8,10,12-13,16-22H2. The third-order valence-electron chi connectivity index (χ3n) is 8.20. The van der Waals surface area contributed by atoms with Crippen LogP contribution < -0.4 is 0 Å². The molecule has 2 aromatic carbocycles. The fourth-order valence-electron chi connectivity index (χ4n) is 5.88. The first kappa shape index (κ1) is 36.8. The molecule has 12 heteroatoms. The highest BCUT2D eigenvalue weighted by Crippen LogP contribution is 2.41. The quantitative estimate of drug-likeness (QED) is 0.114. The molecular formula is C33H44F5NO5S. The van der Waals surface area contributed by atoms with Gasteiger partial charge in [-0.1, -0.05) is 31.0 Å². The third kappa shape index (κ3) is 11.6. The molecule has 0 saturated heterocycles. The summed E-state index contributed by atoms with van der Waals surface area (Å²) in [5, 5.41) is 29.6. The van der Waals surface area contributed by atoms with Gasteiger partial charge >= 0.3 is 12.1 Å². The van der Waals surface area contributed by atoms with Gasteiger partial charge in [-0.25, -0.2) is 8.42 Å². The molecule has 0 aromatic heterocycles. The van der Waals surface area contributed by atoms with Gasteiger partial charge in [0.2, 0.25) is 0 Å². The number of alkyl halides is 5. The molecule has 2 aromatic rings. The second kappa shape index (κ2) is 16.7. The lowest BCUT2D eigenvalue weighted by molar-refractivity contribution is -0.284. The molecule has 1 aliphatic rings. The molecule has 252 valence electrons. The number of rotatable bonds is 18. The number of hydrogen-bond acceptors (Lipinski definition) is 6. The number of benzene rings is 2. The van der Waals surface area contributed by atoms with Gasteiger partial charge in [-0.05, 0) is 117 Å². The molecule has 0 bridgehead atoms. The van der Waals surface area contributed by atoms with Gasteiger partial charge in [0.15, 0.2) is 0 Å². The number of aliphatic hydroxyl groups is 1. The van der Waals surface area contributed by atoms with Crippen molar-refractivity contribution < 1.29 is 45.7 Å². The van der Waals surface area contributed by atoms with E-state index in [0.29, 0.717) is 19.6 Å². The molecule has 0 atom stereocenters. The lowest BCUT2D eigenvalue weighted by Gasteiger charge is -2.21. The minimum Gasteiger partial charge on any atom is -0.508 e. The molecule has 0 heterocycles. The van der Waals surface area contributed by atoms with E-state index in [1.54, 1.807) is 18.2 Å². The van der Waals surface area contributed by atoms with Gasteiger partial charge < -0.3 is 20.2 Å². The SMILES string of the molecule is O=S(=O)(CCCN(CCO)CCCCCCC1=C(c2cccc(O)c2)CCCc2cc(O)ccc21)CCCC(F)(F)C(F)(F)F. The molecular weight excluding hydrogens is 617 g/mol. The Morgan fingerprint density at radius 1 is 0.778 bits per heavy atom. The van der Waals surface area contributed by atoms with Crippen molar-refractivity contribution in [2.24, 2.45) is 0 Å². The van der Waals surface area contributed by atoms with Crippen LogP contribution in [0.4, 0.5) is 22.0 Å². The highest BCUT2D eigenvalue weighted by Gasteiger charge is 2.56. The number of nitrogens with zero attached hydrogens (tertiary/aromatic N) is 1. The van der Waals surface area contributed by atoms with Crippen LogP contribution in [-0.4, -0.2) is 78.5 Å². The van der Waals surface area contributed by atoms with Crippen LogP contribution in [0.25, 0.3) is 11.1 Å². The molecule has 3 rings (SSSR count). The van der Waals surface area contributed by atoms with E-state index in [2.05, 4.69) is 0 Å². The highest BCUT2D eigenvalue weighted by molar-refractivity contribution is 7.91. The van der Waals surface area contributed by atoms with E-state index in [1.807, 2.05) is 29.2 Å². The summed E-state index contributed by atoms with van der Waals surface area (Å²) in [6, 6.07) is 12.8. The first-order chi connectivity index (χ1) is 21.2. The zero-order chi connectivity index (χ0) is 33.1. The van der Waals surface area contributed by atoms with E-state index in [4.69, 9.17) is 0 Å². The molecule has 0 aliphatic heterocycles. The number of phenols is 2. The van der Waals surface area contributed by atoms with Crippen LogP contribution in [0.15, 0.2) is 42.5 Å². The fraction of sp³-hybridized carbons (Fsp3) is 0.576. The Kier molecular flexibility index (Phi) is 13.7. The van der Waals surface area contributed by atoms with E-state index in [0.717, 1.165) is 68.1 Å². The predicted molar refractivity (Wildman–Crippen MR) is 166 cm³/mol. The molecule has 0 saturated carbocycles. The number of allylic oxidation sites excluding steroid dienone is 2. The van der Waals surface area contributed by atoms with Crippen LogP contribution in [0.2, 0.25) is 0 Å². The predicted octanol–water partition coefficient (Wildman–Crippen LogP) is 7.37. The molecule has 6 nitrogen and oxygen atoms in total. The van der Waals surface area contributed by atoms with Crippen LogP contribution in [0.1, 0.15) is 80.9 Å². The molecule has 0 fully saturated rings. The lowest BCUT2D eigenvalue weighted by atomic mass is 9.89. The van der Waals surface area contributed by atoms with E-state index in [-0.39, 0.29) is 30.3 Å². The molecule has 0 radical (unpaired) electrons. The Bertz CT molecular complexity index is 1380. The summed E-state index contributed by atoms with van der Waals surface area (Å²) in [6.45, 7) is 1.24. The maximum atomic E-state index is 13.1. The minimum absolute atomic E-state index is 0.111. The van der Waals surface area contributed by atoms with Crippen molar-refractivity contribution in [1.29, 1.82) is 0 Å². The summed E-state index contributed by atoms with van der Waals surface area (Å²) in [5.74, 6) is -5.50. The van der Waals surface area contributed by atoms with Crippen LogP contribution >= 0.6 is 0 Å². The largest absolute Gasteiger partial charge is 0.508 e. The summed E-state index contributed by atoms with van der Waals surface area (Å²) >= 11 is 0. The smallest absolute Gasteiger partial charge is 0.453 e. The van der Waals surface area contributed by atoms with E-state index in [1.165, 1.54) is 11.1 Å². The molecule has 0 unspecified atom stereocenters. The molecule has 45 heavy (non-hydrogen) atoms. The Labute approximate surface area is 262 Å². The Morgan fingerprint density at radius 2 is 1.47 bits per heavy atom. The summed E-state index contributed by atoms with van der Waals surface area (Å²) in [4.78, 5) is 1.93. The van der Waals surface area contributed by atoms with Gasteiger partial charge in [-0.3, -0.25) is 0 Å². The van der Waals surface area contributed by atoms with Crippen molar-refractivity contribution in [1.82, 2.24) is 4.90 Å². The van der Waals surface area contributed by atoms with E-state index in [9.17, 15) is 45.7 Å². The molecule has 0 amide bonds. The Balaban J connectivity index is 1.48. The number of aryl methyl sites for hydroxylation is 1. The first-order valence-corrected chi connectivity index (χ1v) is 17.4. The second-order valence-corrected chi connectivity index (χ2v) is 14.0. The van der Waals surface area contributed by atoms with Crippen molar-refractivity contribution in [3.05, 3.63) is 59.2 Å². The molecule has 3 N–H and O–H groups in total. The topological polar surface area (TPSA) is 98.1 Å². The van der Waals surface area contributed by atoms with Gasteiger partial charge in [0.1, 0.15) is 21.3 Å². The Morgan fingerprint density at radius 3 is 2.18 bits per heavy atom. The third-order valence-corrected chi connectivity index (χ3v) is 10.0.